The molecule has 0 radical (unpaired) electrons. The van der Waals surface area contributed by atoms with Gasteiger partial charge in [-0.3, -0.25) is 0 Å². The molecule has 0 spiro atoms. The highest BCUT2D eigenvalue weighted by molar-refractivity contribution is 5.49. The van der Waals surface area contributed by atoms with E-state index in [2.05, 4.69) is 65.6 Å². The first-order chi connectivity index (χ1) is 10.4. The zero-order valence-corrected chi connectivity index (χ0v) is 12.8. The SMILES string of the molecule is CCO.c1ccc(C2CCCCN2c2ccccc2)cc1. The third kappa shape index (κ3) is 4.33. The quantitative estimate of drug-likeness (QED) is 0.882. The smallest absolute Gasteiger partial charge is 0.0542 e. The van der Waals surface area contributed by atoms with Gasteiger partial charge in [0, 0.05) is 18.8 Å². The van der Waals surface area contributed by atoms with Crippen LogP contribution in [0.25, 0.3) is 0 Å². The predicted octanol–water partition coefficient (Wildman–Crippen LogP) is 4.42. The van der Waals surface area contributed by atoms with Crippen LogP contribution in [0.15, 0.2) is 60.7 Å². The Kier molecular flexibility index (Phi) is 6.29. The van der Waals surface area contributed by atoms with Crippen molar-refractivity contribution in [2.45, 2.75) is 32.2 Å². The van der Waals surface area contributed by atoms with Gasteiger partial charge in [-0.1, -0.05) is 48.5 Å². The van der Waals surface area contributed by atoms with E-state index in [0.29, 0.717) is 6.04 Å². The number of benzene rings is 2. The molecular formula is C19H25NO. The number of piperidine rings is 1. The van der Waals surface area contributed by atoms with Crippen LogP contribution in [-0.4, -0.2) is 18.3 Å². The van der Waals surface area contributed by atoms with Gasteiger partial charge in [-0.15, -0.1) is 0 Å². The minimum absolute atomic E-state index is 0.250. The minimum atomic E-state index is 0.250. The van der Waals surface area contributed by atoms with E-state index in [9.17, 15) is 0 Å². The number of para-hydroxylation sites is 1. The summed E-state index contributed by atoms with van der Waals surface area (Å²) in [6.07, 6.45) is 3.90. The number of aliphatic hydroxyl groups is 1. The molecule has 0 aliphatic carbocycles. The number of nitrogens with zero attached hydrogens (tertiary/aromatic N) is 1. The van der Waals surface area contributed by atoms with Crippen LogP contribution in [0.1, 0.15) is 37.8 Å². The van der Waals surface area contributed by atoms with Crippen LogP contribution < -0.4 is 4.90 Å². The largest absolute Gasteiger partial charge is 0.397 e. The maximum atomic E-state index is 7.57. The molecule has 1 unspecified atom stereocenters. The van der Waals surface area contributed by atoms with Gasteiger partial charge in [0.05, 0.1) is 6.04 Å². The lowest BCUT2D eigenvalue weighted by molar-refractivity contribution is 0.318. The highest BCUT2D eigenvalue weighted by Gasteiger charge is 2.23. The second-order valence-corrected chi connectivity index (χ2v) is 5.27. The Labute approximate surface area is 128 Å². The third-order valence-electron chi connectivity index (χ3n) is 3.77. The minimum Gasteiger partial charge on any atom is -0.397 e. The van der Waals surface area contributed by atoms with Crippen LogP contribution in [0, 0.1) is 0 Å². The molecule has 2 aromatic rings. The molecule has 21 heavy (non-hydrogen) atoms. The Morgan fingerprint density at radius 3 is 2.14 bits per heavy atom. The monoisotopic (exact) mass is 283 g/mol. The lowest BCUT2D eigenvalue weighted by Gasteiger charge is -2.38. The van der Waals surface area contributed by atoms with Gasteiger partial charge in [0.25, 0.3) is 0 Å². The molecule has 2 nitrogen and oxygen atoms in total. The van der Waals surface area contributed by atoms with Gasteiger partial charge >= 0.3 is 0 Å². The second-order valence-electron chi connectivity index (χ2n) is 5.27. The number of hydrogen-bond donors (Lipinski definition) is 1. The van der Waals surface area contributed by atoms with Crippen molar-refractivity contribution in [2.75, 3.05) is 18.1 Å². The van der Waals surface area contributed by atoms with Gasteiger partial charge in [-0.25, -0.2) is 0 Å². The van der Waals surface area contributed by atoms with E-state index in [1.807, 2.05) is 0 Å². The summed E-state index contributed by atoms with van der Waals surface area (Å²) in [5.74, 6) is 0. The first kappa shape index (κ1) is 15.6. The molecule has 1 aliphatic rings. The fourth-order valence-electron chi connectivity index (χ4n) is 2.88. The van der Waals surface area contributed by atoms with Gasteiger partial charge in [0.1, 0.15) is 0 Å². The van der Waals surface area contributed by atoms with E-state index in [-0.39, 0.29) is 6.61 Å². The molecule has 1 N–H and O–H groups in total. The Bertz CT molecular complexity index is 450. The van der Waals surface area contributed by atoms with Crippen LogP contribution in [0.5, 0.6) is 0 Å². The average Bonchev–Trinajstić information content (AvgIpc) is 2.57. The van der Waals surface area contributed by atoms with Crippen molar-refractivity contribution in [3.63, 3.8) is 0 Å². The van der Waals surface area contributed by atoms with E-state index in [1.165, 1.54) is 37.1 Å². The number of rotatable bonds is 2. The Balaban J connectivity index is 0.000000497. The topological polar surface area (TPSA) is 23.5 Å². The zero-order chi connectivity index (χ0) is 14.9. The van der Waals surface area contributed by atoms with E-state index < -0.39 is 0 Å². The lowest BCUT2D eigenvalue weighted by atomic mass is 9.94. The van der Waals surface area contributed by atoms with Gasteiger partial charge in [-0.2, -0.15) is 0 Å². The van der Waals surface area contributed by atoms with Crippen molar-refractivity contribution in [1.82, 2.24) is 0 Å². The zero-order valence-electron chi connectivity index (χ0n) is 12.8. The number of hydrogen-bond acceptors (Lipinski definition) is 2. The van der Waals surface area contributed by atoms with Crippen LogP contribution >= 0.6 is 0 Å². The van der Waals surface area contributed by atoms with Gasteiger partial charge in [-0.05, 0) is 43.9 Å². The molecule has 0 aromatic heterocycles. The third-order valence-corrected chi connectivity index (χ3v) is 3.77. The van der Waals surface area contributed by atoms with Crippen molar-refractivity contribution in [3.8, 4) is 0 Å². The van der Waals surface area contributed by atoms with Crippen molar-refractivity contribution >= 4 is 5.69 Å². The van der Waals surface area contributed by atoms with Crippen LogP contribution in [0.3, 0.4) is 0 Å². The van der Waals surface area contributed by atoms with Crippen LogP contribution in [0.4, 0.5) is 5.69 Å². The van der Waals surface area contributed by atoms with E-state index in [0.717, 1.165) is 0 Å². The number of anilines is 1. The van der Waals surface area contributed by atoms with Gasteiger partial charge < -0.3 is 10.0 Å². The summed E-state index contributed by atoms with van der Waals surface area (Å²) < 4.78 is 0. The van der Waals surface area contributed by atoms with Gasteiger partial charge in [0.2, 0.25) is 0 Å². The molecule has 0 amide bonds. The first-order valence-corrected chi connectivity index (χ1v) is 7.84. The van der Waals surface area contributed by atoms with E-state index in [1.54, 1.807) is 6.92 Å². The fraction of sp³-hybridized carbons (Fsp3) is 0.368. The van der Waals surface area contributed by atoms with Crippen molar-refractivity contribution in [1.29, 1.82) is 0 Å². The van der Waals surface area contributed by atoms with E-state index >= 15 is 0 Å². The average molecular weight is 283 g/mol. The Hall–Kier alpha value is -1.80. The summed E-state index contributed by atoms with van der Waals surface area (Å²) in [6, 6.07) is 22.2. The summed E-state index contributed by atoms with van der Waals surface area (Å²) in [5.41, 5.74) is 2.80. The van der Waals surface area contributed by atoms with Gasteiger partial charge in [0.15, 0.2) is 0 Å². The molecule has 0 saturated carbocycles. The molecule has 1 fully saturated rings. The molecule has 1 atom stereocenters. The maximum absolute atomic E-state index is 7.57. The molecule has 1 aliphatic heterocycles. The highest BCUT2D eigenvalue weighted by atomic mass is 16.2. The molecular weight excluding hydrogens is 258 g/mol. The van der Waals surface area contributed by atoms with Crippen molar-refractivity contribution in [2.24, 2.45) is 0 Å². The molecule has 1 heterocycles. The van der Waals surface area contributed by atoms with Crippen LogP contribution in [-0.2, 0) is 0 Å². The first-order valence-electron chi connectivity index (χ1n) is 7.84. The highest BCUT2D eigenvalue weighted by Crippen LogP contribution is 2.34. The standard InChI is InChI=1S/C17H19N.C2H6O/c1-3-9-15(10-4-1)17-13-7-8-14-18(17)16-11-5-2-6-12-16;1-2-3/h1-6,9-12,17H,7-8,13-14H2;3H,2H2,1H3. The van der Waals surface area contributed by atoms with Crippen molar-refractivity contribution in [3.05, 3.63) is 66.2 Å². The van der Waals surface area contributed by atoms with E-state index in [4.69, 9.17) is 5.11 Å². The summed E-state index contributed by atoms with van der Waals surface area (Å²) in [5, 5.41) is 7.57. The normalized spacial score (nSPS) is 17.8. The second kappa shape index (κ2) is 8.48. The lowest BCUT2D eigenvalue weighted by Crippen LogP contribution is -2.33. The fourth-order valence-corrected chi connectivity index (χ4v) is 2.88. The molecule has 112 valence electrons. The number of aliphatic hydroxyl groups excluding tert-OH is 1. The molecule has 3 rings (SSSR count). The maximum Gasteiger partial charge on any atom is 0.0542 e. The molecule has 2 aromatic carbocycles. The molecule has 0 bridgehead atoms. The molecule has 1 saturated heterocycles. The van der Waals surface area contributed by atoms with Crippen molar-refractivity contribution < 1.29 is 5.11 Å². The summed E-state index contributed by atoms with van der Waals surface area (Å²) >= 11 is 0. The Morgan fingerprint density at radius 2 is 1.52 bits per heavy atom. The summed E-state index contributed by atoms with van der Waals surface area (Å²) in [7, 11) is 0. The molecule has 2 heteroatoms. The van der Waals surface area contributed by atoms with Crippen LogP contribution in [0.2, 0.25) is 0 Å². The predicted molar refractivity (Wildman–Crippen MR) is 89.6 cm³/mol. The summed E-state index contributed by atoms with van der Waals surface area (Å²) in [6.45, 7) is 3.10. The Morgan fingerprint density at radius 1 is 0.952 bits per heavy atom. The summed E-state index contributed by atoms with van der Waals surface area (Å²) in [4.78, 5) is 2.55.